The number of nitrogens with zero attached hydrogens (tertiary/aromatic N) is 1. The fraction of sp³-hybridized carbons (Fsp3) is 0. The molecule has 0 aliphatic carbocycles. The van der Waals surface area contributed by atoms with Gasteiger partial charge in [0.25, 0.3) is 0 Å². The maximum Gasteiger partial charge on any atom is 0.101 e. The number of nitriles is 1. The van der Waals surface area contributed by atoms with E-state index in [2.05, 4.69) is 6.07 Å². The van der Waals surface area contributed by atoms with Crippen LogP contribution in [0, 0.1) is 11.3 Å². The fourth-order valence-electron chi connectivity index (χ4n) is 1.61. The average Bonchev–Trinajstić information content (AvgIpc) is 2.41. The first-order chi connectivity index (χ1) is 8.72. The van der Waals surface area contributed by atoms with Crippen molar-refractivity contribution in [2.75, 3.05) is 0 Å². The SMILES string of the molecule is N#CC(=C(Cl)c1cccc(Cl)c1)c1ccccc1. The van der Waals surface area contributed by atoms with Crippen molar-refractivity contribution in [2.24, 2.45) is 0 Å². The van der Waals surface area contributed by atoms with E-state index in [4.69, 9.17) is 23.2 Å². The molecule has 0 saturated heterocycles. The average molecular weight is 274 g/mol. The molecule has 2 rings (SSSR count). The Bertz CT molecular complexity index is 624. The minimum absolute atomic E-state index is 0.409. The van der Waals surface area contributed by atoms with Crippen LogP contribution < -0.4 is 0 Å². The van der Waals surface area contributed by atoms with E-state index in [-0.39, 0.29) is 0 Å². The zero-order chi connectivity index (χ0) is 13.0. The molecule has 0 N–H and O–H groups in total. The molecule has 0 aromatic heterocycles. The van der Waals surface area contributed by atoms with Gasteiger partial charge in [0.1, 0.15) is 6.07 Å². The van der Waals surface area contributed by atoms with Crippen molar-refractivity contribution in [3.8, 4) is 6.07 Å². The van der Waals surface area contributed by atoms with E-state index in [0.717, 1.165) is 11.1 Å². The third-order valence-corrected chi connectivity index (χ3v) is 3.11. The molecule has 0 amide bonds. The molecule has 0 bridgehead atoms. The van der Waals surface area contributed by atoms with Gasteiger partial charge in [0.15, 0.2) is 0 Å². The quantitative estimate of drug-likeness (QED) is 0.560. The molecule has 0 aliphatic rings. The lowest BCUT2D eigenvalue weighted by atomic mass is 10.0. The number of hydrogen-bond acceptors (Lipinski definition) is 1. The van der Waals surface area contributed by atoms with Crippen molar-refractivity contribution in [2.45, 2.75) is 0 Å². The zero-order valence-electron chi connectivity index (χ0n) is 9.40. The van der Waals surface area contributed by atoms with Crippen LogP contribution in [-0.4, -0.2) is 0 Å². The first-order valence-electron chi connectivity index (χ1n) is 5.33. The van der Waals surface area contributed by atoms with Gasteiger partial charge >= 0.3 is 0 Å². The van der Waals surface area contributed by atoms with E-state index < -0.39 is 0 Å². The van der Waals surface area contributed by atoms with Gasteiger partial charge < -0.3 is 0 Å². The Morgan fingerprint density at radius 3 is 2.22 bits per heavy atom. The second-order valence-electron chi connectivity index (χ2n) is 3.68. The highest BCUT2D eigenvalue weighted by molar-refractivity contribution is 6.53. The van der Waals surface area contributed by atoms with Gasteiger partial charge in [-0.3, -0.25) is 0 Å². The van der Waals surface area contributed by atoms with E-state index in [9.17, 15) is 5.26 Å². The molecule has 0 fully saturated rings. The van der Waals surface area contributed by atoms with Crippen LogP contribution in [0.25, 0.3) is 10.6 Å². The predicted molar refractivity (Wildman–Crippen MR) is 76.2 cm³/mol. The number of hydrogen-bond donors (Lipinski definition) is 0. The summed E-state index contributed by atoms with van der Waals surface area (Å²) in [4.78, 5) is 0. The van der Waals surface area contributed by atoms with Crippen molar-refractivity contribution >= 4 is 33.8 Å². The summed E-state index contributed by atoms with van der Waals surface area (Å²) in [7, 11) is 0. The van der Waals surface area contributed by atoms with Crippen LogP contribution in [0.4, 0.5) is 0 Å². The molecule has 3 heteroatoms. The monoisotopic (exact) mass is 273 g/mol. The van der Waals surface area contributed by atoms with Crippen LogP contribution in [0.5, 0.6) is 0 Å². The predicted octanol–water partition coefficient (Wildman–Crippen LogP) is 4.97. The van der Waals surface area contributed by atoms with Crippen LogP contribution in [-0.2, 0) is 0 Å². The Morgan fingerprint density at radius 2 is 1.61 bits per heavy atom. The molecule has 0 unspecified atom stereocenters. The topological polar surface area (TPSA) is 23.8 Å². The Labute approximate surface area is 116 Å². The highest BCUT2D eigenvalue weighted by atomic mass is 35.5. The second kappa shape index (κ2) is 5.73. The largest absolute Gasteiger partial charge is 0.192 e. The summed E-state index contributed by atoms with van der Waals surface area (Å²) in [5.41, 5.74) is 1.98. The smallest absolute Gasteiger partial charge is 0.101 e. The van der Waals surface area contributed by atoms with E-state index >= 15 is 0 Å². The van der Waals surface area contributed by atoms with Gasteiger partial charge in [-0.25, -0.2) is 0 Å². The Hall–Kier alpha value is -1.75. The van der Waals surface area contributed by atoms with Gasteiger partial charge in [0.2, 0.25) is 0 Å². The van der Waals surface area contributed by atoms with Gasteiger partial charge in [0.05, 0.1) is 10.6 Å². The summed E-state index contributed by atoms with van der Waals surface area (Å²) in [6.07, 6.45) is 0. The number of allylic oxidation sites excluding steroid dienone is 1. The zero-order valence-corrected chi connectivity index (χ0v) is 10.9. The summed E-state index contributed by atoms with van der Waals surface area (Å²) in [5.74, 6) is 0. The first-order valence-corrected chi connectivity index (χ1v) is 6.09. The number of benzene rings is 2. The number of rotatable bonds is 2. The molecule has 0 aliphatic heterocycles. The van der Waals surface area contributed by atoms with E-state index in [0.29, 0.717) is 15.6 Å². The summed E-state index contributed by atoms with van der Waals surface area (Å²) in [6.45, 7) is 0. The first kappa shape index (κ1) is 12.7. The standard InChI is InChI=1S/C15H9Cl2N/c16-13-8-4-7-12(9-13)15(17)14(10-18)11-5-2-1-3-6-11/h1-9H. The summed E-state index contributed by atoms with van der Waals surface area (Å²) in [6, 6.07) is 18.6. The minimum Gasteiger partial charge on any atom is -0.192 e. The van der Waals surface area contributed by atoms with Crippen LogP contribution in [0.1, 0.15) is 11.1 Å². The highest BCUT2D eigenvalue weighted by Crippen LogP contribution is 2.30. The van der Waals surface area contributed by atoms with Crippen molar-refractivity contribution in [1.29, 1.82) is 5.26 Å². The van der Waals surface area contributed by atoms with E-state index in [1.807, 2.05) is 36.4 Å². The van der Waals surface area contributed by atoms with Gasteiger partial charge in [-0.15, -0.1) is 0 Å². The molecule has 1 nitrogen and oxygen atoms in total. The molecule has 0 radical (unpaired) electrons. The Kier molecular flexibility index (Phi) is 4.04. The third kappa shape index (κ3) is 2.73. The Balaban J connectivity index is 2.55. The molecule has 0 spiro atoms. The van der Waals surface area contributed by atoms with Crippen molar-refractivity contribution in [3.05, 3.63) is 70.7 Å². The second-order valence-corrected chi connectivity index (χ2v) is 4.49. The van der Waals surface area contributed by atoms with Crippen LogP contribution in [0.3, 0.4) is 0 Å². The summed E-state index contributed by atoms with van der Waals surface area (Å²) >= 11 is 12.2. The van der Waals surface area contributed by atoms with Gasteiger partial charge in [-0.1, -0.05) is 65.7 Å². The number of halogens is 2. The van der Waals surface area contributed by atoms with Gasteiger partial charge in [-0.05, 0) is 23.3 Å². The van der Waals surface area contributed by atoms with Crippen molar-refractivity contribution in [3.63, 3.8) is 0 Å². The molecular formula is C15H9Cl2N. The van der Waals surface area contributed by atoms with Gasteiger partial charge in [-0.2, -0.15) is 5.26 Å². The third-order valence-electron chi connectivity index (χ3n) is 2.47. The molecule has 2 aromatic rings. The molecule has 2 aromatic carbocycles. The highest BCUT2D eigenvalue weighted by Gasteiger charge is 2.09. The normalized spacial score (nSPS) is 11.6. The maximum atomic E-state index is 9.26. The van der Waals surface area contributed by atoms with E-state index in [1.165, 1.54) is 0 Å². The van der Waals surface area contributed by atoms with E-state index in [1.54, 1.807) is 18.2 Å². The lowest BCUT2D eigenvalue weighted by Gasteiger charge is -2.04. The summed E-state index contributed by atoms with van der Waals surface area (Å²) in [5, 5.41) is 10.3. The fourth-order valence-corrected chi connectivity index (χ4v) is 2.07. The lowest BCUT2D eigenvalue weighted by molar-refractivity contribution is 1.52. The maximum absolute atomic E-state index is 9.26. The van der Waals surface area contributed by atoms with Crippen LogP contribution in [0.2, 0.25) is 5.02 Å². The molecule has 0 heterocycles. The molecule has 0 saturated carbocycles. The Morgan fingerprint density at radius 1 is 0.944 bits per heavy atom. The molecular weight excluding hydrogens is 265 g/mol. The van der Waals surface area contributed by atoms with Crippen molar-refractivity contribution in [1.82, 2.24) is 0 Å². The van der Waals surface area contributed by atoms with Crippen LogP contribution in [0.15, 0.2) is 54.6 Å². The van der Waals surface area contributed by atoms with Gasteiger partial charge in [0, 0.05) is 5.02 Å². The molecule has 0 atom stereocenters. The van der Waals surface area contributed by atoms with Crippen molar-refractivity contribution < 1.29 is 0 Å². The lowest BCUT2D eigenvalue weighted by Crippen LogP contribution is -1.85. The minimum atomic E-state index is 0.409. The van der Waals surface area contributed by atoms with Crippen LogP contribution >= 0.6 is 23.2 Å². The molecule has 18 heavy (non-hydrogen) atoms. The molecule has 88 valence electrons. The summed E-state index contributed by atoms with van der Waals surface area (Å²) < 4.78 is 0.